The van der Waals surface area contributed by atoms with E-state index in [9.17, 15) is 19.8 Å². The topological polar surface area (TPSA) is 87.1 Å². The molecule has 1 aromatic carbocycles. The number of hydroxylamine groups is 2. The fourth-order valence-corrected chi connectivity index (χ4v) is 9.09. The van der Waals surface area contributed by atoms with Crippen LogP contribution >= 0.6 is 0 Å². The molecule has 0 amide bonds. The minimum absolute atomic E-state index is 0.0123. The molecule has 0 unspecified atom stereocenters. The molecule has 4 fully saturated rings. The van der Waals surface area contributed by atoms with Crippen molar-refractivity contribution in [1.29, 1.82) is 0 Å². The number of hydrogen-bond donors (Lipinski definition) is 2. The number of alkyl halides is 2. The number of aliphatic carboxylic acids is 1. The van der Waals surface area contributed by atoms with Crippen LogP contribution in [0.1, 0.15) is 65.0 Å². The average Bonchev–Trinajstić information content (AvgIpc) is 3.35. The van der Waals surface area contributed by atoms with Crippen molar-refractivity contribution >= 4 is 11.8 Å². The van der Waals surface area contributed by atoms with Crippen LogP contribution in [-0.4, -0.2) is 57.1 Å². The zero-order valence-electron chi connectivity index (χ0n) is 23.8. The molecule has 0 bridgehead atoms. The molecule has 2 N–H and O–H groups in total. The van der Waals surface area contributed by atoms with Gasteiger partial charge in [-0.2, -0.15) is 5.06 Å². The van der Waals surface area contributed by atoms with Gasteiger partial charge in [0.2, 0.25) is 0 Å². The van der Waals surface area contributed by atoms with Gasteiger partial charge in [-0.25, -0.2) is 13.6 Å². The van der Waals surface area contributed by atoms with Crippen LogP contribution in [0, 0.1) is 28.6 Å². The summed E-state index contributed by atoms with van der Waals surface area (Å²) in [6.07, 6.45) is 0.715. The smallest absolute Gasteiger partial charge is 0.339 e. The van der Waals surface area contributed by atoms with Crippen LogP contribution in [-0.2, 0) is 26.4 Å². The summed E-state index contributed by atoms with van der Waals surface area (Å²) in [5, 5.41) is 23.9. The molecule has 9 atom stereocenters. The van der Waals surface area contributed by atoms with Crippen LogP contribution in [0.25, 0.3) is 0 Å². The first-order chi connectivity index (χ1) is 18.6. The lowest BCUT2D eigenvalue weighted by molar-refractivity contribution is -0.275. The summed E-state index contributed by atoms with van der Waals surface area (Å²) < 4.78 is 33.1. The summed E-state index contributed by atoms with van der Waals surface area (Å²) in [5.74, 6) is -3.42. The van der Waals surface area contributed by atoms with Crippen LogP contribution in [0.15, 0.2) is 48.1 Å². The van der Waals surface area contributed by atoms with Gasteiger partial charge in [-0.05, 0) is 66.4 Å². The Morgan fingerprint density at radius 1 is 1.15 bits per heavy atom. The molecule has 1 aromatic rings. The minimum Gasteiger partial charge on any atom is -0.479 e. The molecule has 0 aromatic heterocycles. The summed E-state index contributed by atoms with van der Waals surface area (Å²) in [5.41, 5.74) is -4.27. The summed E-state index contributed by atoms with van der Waals surface area (Å²) in [7, 11) is 0. The molecule has 1 aliphatic heterocycles. The van der Waals surface area contributed by atoms with E-state index in [1.165, 1.54) is 23.8 Å². The van der Waals surface area contributed by atoms with E-state index in [-0.39, 0.29) is 23.8 Å². The zero-order valence-corrected chi connectivity index (χ0v) is 23.8. The van der Waals surface area contributed by atoms with Crippen LogP contribution in [0.5, 0.6) is 0 Å². The maximum Gasteiger partial charge on any atom is 0.339 e. The van der Waals surface area contributed by atoms with Crippen molar-refractivity contribution in [2.75, 3.05) is 6.54 Å². The number of carboxylic acids is 1. The third kappa shape index (κ3) is 3.42. The maximum absolute atomic E-state index is 17.4. The Kier molecular flexibility index (Phi) is 5.93. The number of allylic oxidation sites excluding steroid dienone is 4. The van der Waals surface area contributed by atoms with E-state index in [0.29, 0.717) is 19.5 Å². The first kappa shape index (κ1) is 27.7. The van der Waals surface area contributed by atoms with Gasteiger partial charge in [0.25, 0.3) is 0 Å². The average molecular weight is 556 g/mol. The van der Waals surface area contributed by atoms with Gasteiger partial charge in [-0.1, -0.05) is 58.0 Å². The summed E-state index contributed by atoms with van der Waals surface area (Å²) in [4.78, 5) is 31.5. The number of hydrogen-bond acceptors (Lipinski definition) is 5. The Labute approximate surface area is 234 Å². The molecule has 4 aliphatic carbocycles. The van der Waals surface area contributed by atoms with E-state index in [0.717, 1.165) is 5.56 Å². The summed E-state index contributed by atoms with van der Waals surface area (Å²) >= 11 is 0. The third-order valence-corrected chi connectivity index (χ3v) is 11.2. The van der Waals surface area contributed by atoms with Crippen molar-refractivity contribution in [1.82, 2.24) is 5.06 Å². The van der Waals surface area contributed by atoms with Crippen molar-refractivity contribution in [3.8, 4) is 0 Å². The second-order valence-electron chi connectivity index (χ2n) is 14.2. The quantitative estimate of drug-likeness (QED) is 0.540. The van der Waals surface area contributed by atoms with E-state index in [1.54, 1.807) is 18.9 Å². The van der Waals surface area contributed by atoms with Gasteiger partial charge < -0.3 is 10.2 Å². The molecule has 0 spiro atoms. The first-order valence-electron chi connectivity index (χ1n) is 14.3. The van der Waals surface area contributed by atoms with Gasteiger partial charge >= 0.3 is 5.97 Å². The van der Waals surface area contributed by atoms with Gasteiger partial charge in [0.1, 0.15) is 6.17 Å². The molecular formula is C32H39F2NO5. The van der Waals surface area contributed by atoms with Crippen LogP contribution in [0.4, 0.5) is 8.78 Å². The minimum atomic E-state index is -2.24. The molecule has 3 saturated carbocycles. The maximum atomic E-state index is 17.4. The third-order valence-electron chi connectivity index (χ3n) is 11.2. The lowest BCUT2D eigenvalue weighted by Gasteiger charge is -2.63. The van der Waals surface area contributed by atoms with E-state index in [4.69, 9.17) is 4.84 Å². The molecular weight excluding hydrogens is 516 g/mol. The predicted molar refractivity (Wildman–Crippen MR) is 145 cm³/mol. The predicted octanol–water partition coefficient (Wildman–Crippen LogP) is 5.10. The van der Waals surface area contributed by atoms with Crippen molar-refractivity contribution in [2.45, 2.75) is 89.4 Å². The van der Waals surface area contributed by atoms with E-state index < -0.39 is 63.9 Å². The lowest BCUT2D eigenvalue weighted by atomic mass is 9.44. The second kappa shape index (κ2) is 8.55. The van der Waals surface area contributed by atoms with E-state index in [2.05, 4.69) is 32.9 Å². The monoisotopic (exact) mass is 555 g/mol. The number of ketones is 1. The molecule has 0 radical (unpaired) electrons. The number of halogens is 2. The first-order valence-corrected chi connectivity index (χ1v) is 14.3. The largest absolute Gasteiger partial charge is 0.479 e. The summed E-state index contributed by atoms with van der Waals surface area (Å²) in [6, 6.07) is 8.19. The van der Waals surface area contributed by atoms with Crippen molar-refractivity contribution in [3.05, 3.63) is 59.2 Å². The highest BCUT2D eigenvalue weighted by molar-refractivity contribution is 6.01. The second-order valence-corrected chi connectivity index (χ2v) is 14.2. The summed E-state index contributed by atoms with van der Waals surface area (Å²) in [6.45, 7) is 10.5. The number of carbonyl (C=O) groups is 2. The molecule has 1 heterocycles. The number of aliphatic hydroxyl groups is 1. The molecule has 5 aliphatic rings. The molecule has 216 valence electrons. The Hall–Kier alpha value is -2.42. The Morgan fingerprint density at radius 3 is 2.45 bits per heavy atom. The molecule has 40 heavy (non-hydrogen) atoms. The van der Waals surface area contributed by atoms with Crippen LogP contribution < -0.4 is 0 Å². The Morgan fingerprint density at radius 2 is 1.82 bits per heavy atom. The lowest BCUT2D eigenvalue weighted by Crippen LogP contribution is -2.70. The number of carboxylic acid groups (broad SMARTS) is 1. The standard InChI is InChI=1S/C32H39F2NO5/c1-28(2,3)19-8-6-18(7-9-19)16-35-17-20-12-22-23-14-25(33)24-13-21(36)10-11-29(24,4)31(23,34)26(37)15-30(22,5)32(20,40-35)27(38)39/h6-11,13,20,22-23,25-26,37H,12,14-17H2,1-5H3,(H,38,39)/t20-,22-,23-,25-,26-,29-,30-,31-,32-/m0/s1. The molecule has 6 nitrogen and oxygen atoms in total. The SMILES string of the molecule is CC(C)(C)c1ccc(CN2C[C@@H]3C[C@H]4[C@@H]5C[C@H](F)C6=CC(=O)C=C[C@]6(C)[C@@]5(F)[C@@H](O)C[C@]4(C)[C@]3(C(=O)O)O2)cc1. The van der Waals surface area contributed by atoms with Gasteiger partial charge in [0, 0.05) is 35.8 Å². The Bertz CT molecular complexity index is 1320. The van der Waals surface area contributed by atoms with Crippen molar-refractivity contribution in [2.24, 2.45) is 28.6 Å². The fourth-order valence-electron chi connectivity index (χ4n) is 9.09. The van der Waals surface area contributed by atoms with E-state index >= 15 is 8.78 Å². The number of benzene rings is 1. The normalized spacial score (nSPS) is 44.5. The van der Waals surface area contributed by atoms with Gasteiger partial charge in [-0.15, -0.1) is 0 Å². The number of carbonyl (C=O) groups excluding carboxylic acids is 1. The van der Waals surface area contributed by atoms with Crippen LogP contribution in [0.2, 0.25) is 0 Å². The number of nitrogens with zero attached hydrogens (tertiary/aromatic N) is 1. The number of rotatable bonds is 3. The van der Waals surface area contributed by atoms with Crippen molar-refractivity contribution < 1.29 is 33.4 Å². The van der Waals surface area contributed by atoms with E-state index in [1.807, 2.05) is 12.1 Å². The van der Waals surface area contributed by atoms with Gasteiger partial charge in [-0.3, -0.25) is 9.63 Å². The van der Waals surface area contributed by atoms with Gasteiger partial charge in [0.15, 0.2) is 17.1 Å². The number of fused-ring (bicyclic) bond motifs is 7. The zero-order chi connectivity index (χ0) is 29.0. The highest BCUT2D eigenvalue weighted by Crippen LogP contribution is 2.72. The Balaban J connectivity index is 1.33. The highest BCUT2D eigenvalue weighted by Gasteiger charge is 2.80. The highest BCUT2D eigenvalue weighted by atomic mass is 19.1. The van der Waals surface area contributed by atoms with Crippen molar-refractivity contribution in [3.63, 3.8) is 0 Å². The molecule has 8 heteroatoms. The van der Waals surface area contributed by atoms with Gasteiger partial charge in [0.05, 0.1) is 6.10 Å². The molecule has 6 rings (SSSR count). The molecule has 1 saturated heterocycles. The van der Waals surface area contributed by atoms with Crippen LogP contribution in [0.3, 0.4) is 0 Å². The number of aliphatic hydroxyl groups excluding tert-OH is 1. The fraction of sp³-hybridized carbons (Fsp3) is 0.625.